The molecule has 3 aromatic rings. The molecular formula is C13H10N6O2. The van der Waals surface area contributed by atoms with Gasteiger partial charge in [0.1, 0.15) is 17.8 Å². The van der Waals surface area contributed by atoms with Gasteiger partial charge in [-0.2, -0.15) is 0 Å². The Kier molecular flexibility index (Phi) is 3.58. The van der Waals surface area contributed by atoms with Crippen LogP contribution in [0.2, 0.25) is 0 Å². The third-order valence-electron chi connectivity index (χ3n) is 2.52. The standard InChI is InChI=1S/C13H10N6O2/c20-7-11-13(18-19-16-11)21-10-3-1-2-9(6-10)4-5-12-14-8-15-17-12/h1-3,6,8,20H,7H2,(H,14,15,17)(H,16,18,19). The molecule has 0 unspecified atom stereocenters. The zero-order chi connectivity index (χ0) is 14.5. The van der Waals surface area contributed by atoms with Crippen LogP contribution >= 0.6 is 0 Å². The Hall–Kier alpha value is -3.18. The Labute approximate surface area is 119 Å². The van der Waals surface area contributed by atoms with Crippen molar-refractivity contribution in [1.82, 2.24) is 30.6 Å². The van der Waals surface area contributed by atoms with Gasteiger partial charge in [0.05, 0.1) is 6.61 Å². The molecule has 2 heterocycles. The molecule has 0 aliphatic rings. The minimum Gasteiger partial charge on any atom is -0.436 e. The average molecular weight is 282 g/mol. The van der Waals surface area contributed by atoms with E-state index in [1.165, 1.54) is 6.33 Å². The molecule has 0 saturated carbocycles. The molecule has 8 heteroatoms. The van der Waals surface area contributed by atoms with E-state index in [0.29, 0.717) is 17.3 Å². The maximum atomic E-state index is 9.10. The quantitative estimate of drug-likeness (QED) is 0.607. The first-order valence-electron chi connectivity index (χ1n) is 6.01. The van der Waals surface area contributed by atoms with Crippen LogP contribution in [0.1, 0.15) is 17.1 Å². The Bertz CT molecular complexity index is 784. The largest absolute Gasteiger partial charge is 0.436 e. The average Bonchev–Trinajstić information content (AvgIpc) is 3.16. The van der Waals surface area contributed by atoms with Crippen molar-refractivity contribution in [1.29, 1.82) is 0 Å². The molecule has 0 atom stereocenters. The molecular weight excluding hydrogens is 272 g/mol. The number of ether oxygens (including phenoxy) is 1. The Morgan fingerprint density at radius 1 is 1.29 bits per heavy atom. The van der Waals surface area contributed by atoms with E-state index in [1.54, 1.807) is 18.2 Å². The number of nitrogens with zero attached hydrogens (tertiary/aromatic N) is 4. The Balaban J connectivity index is 1.80. The van der Waals surface area contributed by atoms with E-state index >= 15 is 0 Å². The van der Waals surface area contributed by atoms with E-state index in [4.69, 9.17) is 9.84 Å². The SMILES string of the molecule is OCc1[nH]nnc1Oc1cccc(C#Cc2nc[nH]n2)c1. The first-order valence-corrected chi connectivity index (χ1v) is 6.01. The number of hydrogen-bond acceptors (Lipinski definition) is 6. The van der Waals surface area contributed by atoms with E-state index in [9.17, 15) is 0 Å². The lowest BCUT2D eigenvalue weighted by molar-refractivity contribution is 0.271. The predicted octanol–water partition coefficient (Wildman–Crippen LogP) is 0.607. The number of benzene rings is 1. The third-order valence-corrected chi connectivity index (χ3v) is 2.52. The van der Waals surface area contributed by atoms with Crippen LogP contribution in [0.5, 0.6) is 11.6 Å². The molecule has 0 aliphatic heterocycles. The van der Waals surface area contributed by atoms with Gasteiger partial charge >= 0.3 is 0 Å². The molecule has 8 nitrogen and oxygen atoms in total. The van der Waals surface area contributed by atoms with Crippen LogP contribution in [0.3, 0.4) is 0 Å². The molecule has 0 aliphatic carbocycles. The zero-order valence-corrected chi connectivity index (χ0v) is 10.7. The summed E-state index contributed by atoms with van der Waals surface area (Å²) >= 11 is 0. The monoisotopic (exact) mass is 282 g/mol. The Morgan fingerprint density at radius 3 is 3.05 bits per heavy atom. The highest BCUT2D eigenvalue weighted by Gasteiger charge is 2.08. The summed E-state index contributed by atoms with van der Waals surface area (Å²) < 4.78 is 5.55. The Morgan fingerprint density at radius 2 is 2.24 bits per heavy atom. The van der Waals surface area contributed by atoms with E-state index < -0.39 is 0 Å². The summed E-state index contributed by atoms with van der Waals surface area (Å²) in [5.74, 6) is 6.94. The summed E-state index contributed by atoms with van der Waals surface area (Å²) in [7, 11) is 0. The molecule has 0 spiro atoms. The molecule has 0 fully saturated rings. The van der Waals surface area contributed by atoms with Gasteiger partial charge in [-0.05, 0) is 24.1 Å². The van der Waals surface area contributed by atoms with Gasteiger partial charge in [0.15, 0.2) is 0 Å². The van der Waals surface area contributed by atoms with Crippen molar-refractivity contribution >= 4 is 0 Å². The minimum absolute atomic E-state index is 0.230. The summed E-state index contributed by atoms with van der Waals surface area (Å²) in [6, 6.07) is 7.14. The van der Waals surface area contributed by atoms with Gasteiger partial charge in [-0.15, -0.1) is 5.10 Å². The lowest BCUT2D eigenvalue weighted by Gasteiger charge is -2.03. The van der Waals surface area contributed by atoms with Gasteiger partial charge in [0.2, 0.25) is 5.82 Å². The number of nitrogens with one attached hydrogen (secondary N) is 2. The van der Waals surface area contributed by atoms with Crippen LogP contribution in [-0.4, -0.2) is 35.7 Å². The van der Waals surface area contributed by atoms with Crippen molar-refractivity contribution < 1.29 is 9.84 Å². The second-order valence-corrected chi connectivity index (χ2v) is 3.96. The fourth-order valence-corrected chi connectivity index (χ4v) is 1.57. The highest BCUT2D eigenvalue weighted by molar-refractivity contribution is 5.43. The molecule has 2 aromatic heterocycles. The van der Waals surface area contributed by atoms with Crippen molar-refractivity contribution in [3.63, 3.8) is 0 Å². The minimum atomic E-state index is -0.230. The molecule has 0 bridgehead atoms. The van der Waals surface area contributed by atoms with Gasteiger partial charge in [0.25, 0.3) is 5.88 Å². The fourth-order valence-electron chi connectivity index (χ4n) is 1.57. The zero-order valence-electron chi connectivity index (χ0n) is 10.7. The molecule has 104 valence electrons. The topological polar surface area (TPSA) is 113 Å². The summed E-state index contributed by atoms with van der Waals surface area (Å²) in [4.78, 5) is 3.92. The number of rotatable bonds is 3. The third kappa shape index (κ3) is 3.05. The van der Waals surface area contributed by atoms with Crippen molar-refractivity contribution in [3.05, 3.63) is 47.7 Å². The van der Waals surface area contributed by atoms with E-state index in [-0.39, 0.29) is 12.5 Å². The second kappa shape index (κ2) is 5.85. The number of aliphatic hydroxyl groups is 1. The molecule has 3 rings (SSSR count). The van der Waals surface area contributed by atoms with Crippen molar-refractivity contribution in [2.24, 2.45) is 0 Å². The van der Waals surface area contributed by atoms with Gasteiger partial charge in [-0.3, -0.25) is 10.2 Å². The van der Waals surface area contributed by atoms with Gasteiger partial charge in [0, 0.05) is 5.56 Å². The number of aliphatic hydroxyl groups excluding tert-OH is 1. The van der Waals surface area contributed by atoms with Gasteiger partial charge in [-0.25, -0.2) is 4.98 Å². The van der Waals surface area contributed by atoms with E-state index in [1.807, 2.05) is 6.07 Å². The lowest BCUT2D eigenvalue weighted by atomic mass is 10.2. The number of aromatic nitrogens is 6. The molecule has 0 radical (unpaired) electrons. The van der Waals surface area contributed by atoms with Crippen molar-refractivity contribution in [3.8, 4) is 23.5 Å². The summed E-state index contributed by atoms with van der Waals surface area (Å²) in [6.07, 6.45) is 1.46. The second-order valence-electron chi connectivity index (χ2n) is 3.96. The maximum absolute atomic E-state index is 9.10. The normalized spacial score (nSPS) is 9.95. The van der Waals surface area contributed by atoms with Crippen LogP contribution in [0.4, 0.5) is 0 Å². The van der Waals surface area contributed by atoms with E-state index in [2.05, 4.69) is 42.4 Å². The predicted molar refractivity (Wildman–Crippen MR) is 71.2 cm³/mol. The molecule has 21 heavy (non-hydrogen) atoms. The maximum Gasteiger partial charge on any atom is 0.264 e. The number of aromatic amines is 2. The van der Waals surface area contributed by atoms with Crippen LogP contribution in [-0.2, 0) is 6.61 Å². The first kappa shape index (κ1) is 12.8. The summed E-state index contributed by atoms with van der Waals surface area (Å²) in [5, 5.41) is 25.4. The first-order chi connectivity index (χ1) is 10.3. The molecule has 0 saturated heterocycles. The fraction of sp³-hybridized carbons (Fsp3) is 0.0769. The molecule has 3 N–H and O–H groups in total. The van der Waals surface area contributed by atoms with Gasteiger partial charge < -0.3 is 9.84 Å². The molecule has 0 amide bonds. The smallest absolute Gasteiger partial charge is 0.264 e. The van der Waals surface area contributed by atoms with Crippen LogP contribution in [0.15, 0.2) is 30.6 Å². The van der Waals surface area contributed by atoms with Crippen molar-refractivity contribution in [2.75, 3.05) is 0 Å². The van der Waals surface area contributed by atoms with Crippen molar-refractivity contribution in [2.45, 2.75) is 6.61 Å². The van der Waals surface area contributed by atoms with E-state index in [0.717, 1.165) is 5.56 Å². The summed E-state index contributed by atoms with van der Waals surface area (Å²) in [5.41, 5.74) is 1.15. The lowest BCUT2D eigenvalue weighted by Crippen LogP contribution is -1.91. The number of hydrogen-bond donors (Lipinski definition) is 3. The van der Waals surface area contributed by atoms with Gasteiger partial charge in [-0.1, -0.05) is 22.3 Å². The summed E-state index contributed by atoms with van der Waals surface area (Å²) in [6.45, 7) is -0.230. The van der Waals surface area contributed by atoms with Crippen LogP contribution < -0.4 is 4.74 Å². The van der Waals surface area contributed by atoms with Crippen LogP contribution in [0.25, 0.3) is 0 Å². The highest BCUT2D eigenvalue weighted by atomic mass is 16.5. The highest BCUT2D eigenvalue weighted by Crippen LogP contribution is 2.22. The number of H-pyrrole nitrogens is 2. The molecule has 1 aromatic carbocycles. The van der Waals surface area contributed by atoms with Crippen LogP contribution in [0, 0.1) is 11.8 Å².